The molecule has 0 radical (unpaired) electrons. The van der Waals surface area contributed by atoms with Crippen molar-refractivity contribution in [1.82, 2.24) is 15.1 Å². The van der Waals surface area contributed by atoms with Crippen molar-refractivity contribution in [2.24, 2.45) is 0 Å². The fourth-order valence-corrected chi connectivity index (χ4v) is 6.43. The maximum atomic E-state index is 11.8. The fraction of sp³-hybridized carbons (Fsp3) is 0.571. The van der Waals surface area contributed by atoms with Crippen molar-refractivity contribution in [3.05, 3.63) is 51.3 Å². The SMILES string of the molecule is Cc1nn([C@@H]2CCS(=O)(=O)C2)c(Cl)c1CN[C@H](C)c1ccc2c(c1)CCCC2. The van der Waals surface area contributed by atoms with Gasteiger partial charge in [0.1, 0.15) is 5.15 Å². The van der Waals surface area contributed by atoms with Crippen LogP contribution in [-0.2, 0) is 29.2 Å². The normalized spacial score (nSPS) is 22.2. The third-order valence-electron chi connectivity index (χ3n) is 6.16. The summed E-state index contributed by atoms with van der Waals surface area (Å²) in [7, 11) is -2.97. The highest BCUT2D eigenvalue weighted by Gasteiger charge is 2.32. The molecule has 2 aromatic rings. The molecule has 1 aliphatic carbocycles. The van der Waals surface area contributed by atoms with Gasteiger partial charge < -0.3 is 5.32 Å². The Morgan fingerprint density at radius 2 is 2.04 bits per heavy atom. The van der Waals surface area contributed by atoms with Crippen molar-refractivity contribution in [3.8, 4) is 0 Å². The van der Waals surface area contributed by atoms with Gasteiger partial charge in [-0.15, -0.1) is 0 Å². The summed E-state index contributed by atoms with van der Waals surface area (Å²) in [6, 6.07) is 6.90. The number of hydrogen-bond acceptors (Lipinski definition) is 4. The molecule has 1 saturated heterocycles. The highest BCUT2D eigenvalue weighted by Crippen LogP contribution is 2.30. The van der Waals surface area contributed by atoms with Gasteiger partial charge in [-0.3, -0.25) is 0 Å². The molecule has 28 heavy (non-hydrogen) atoms. The summed E-state index contributed by atoms with van der Waals surface area (Å²) in [5, 5.41) is 8.67. The lowest BCUT2D eigenvalue weighted by Gasteiger charge is -2.20. The molecule has 1 aliphatic heterocycles. The largest absolute Gasteiger partial charge is 0.306 e. The molecule has 2 atom stereocenters. The molecule has 1 fully saturated rings. The second kappa shape index (κ2) is 7.81. The van der Waals surface area contributed by atoms with Crippen LogP contribution in [0.25, 0.3) is 0 Å². The molecule has 2 heterocycles. The zero-order chi connectivity index (χ0) is 19.9. The number of aryl methyl sites for hydroxylation is 3. The summed E-state index contributed by atoms with van der Waals surface area (Å²) in [5.74, 6) is 0.349. The average Bonchev–Trinajstić information content (AvgIpc) is 3.18. The Balaban J connectivity index is 1.46. The minimum Gasteiger partial charge on any atom is -0.306 e. The van der Waals surface area contributed by atoms with Crippen LogP contribution < -0.4 is 5.32 Å². The minimum absolute atomic E-state index is 0.131. The van der Waals surface area contributed by atoms with E-state index in [4.69, 9.17) is 11.6 Å². The topological polar surface area (TPSA) is 64.0 Å². The van der Waals surface area contributed by atoms with Crippen LogP contribution in [0.15, 0.2) is 18.2 Å². The van der Waals surface area contributed by atoms with Gasteiger partial charge in [0, 0.05) is 18.2 Å². The Hall–Kier alpha value is -1.37. The monoisotopic (exact) mass is 421 g/mol. The van der Waals surface area contributed by atoms with Crippen LogP contribution in [0.3, 0.4) is 0 Å². The molecule has 5 nitrogen and oxygen atoms in total. The molecule has 1 N–H and O–H groups in total. The van der Waals surface area contributed by atoms with Crippen LogP contribution in [0, 0.1) is 6.92 Å². The number of benzene rings is 1. The Kier molecular flexibility index (Phi) is 5.55. The highest BCUT2D eigenvalue weighted by atomic mass is 35.5. The molecule has 1 aromatic heterocycles. The van der Waals surface area contributed by atoms with Gasteiger partial charge in [-0.05, 0) is 62.6 Å². The third-order valence-corrected chi connectivity index (χ3v) is 8.31. The molecule has 152 valence electrons. The lowest BCUT2D eigenvalue weighted by Crippen LogP contribution is -2.19. The first-order chi connectivity index (χ1) is 13.3. The van der Waals surface area contributed by atoms with E-state index < -0.39 is 9.84 Å². The molecule has 1 aromatic carbocycles. The first-order valence-corrected chi connectivity index (χ1v) is 12.3. The number of fused-ring (bicyclic) bond motifs is 1. The van der Waals surface area contributed by atoms with E-state index in [9.17, 15) is 8.42 Å². The van der Waals surface area contributed by atoms with Gasteiger partial charge in [0.25, 0.3) is 0 Å². The van der Waals surface area contributed by atoms with Crippen LogP contribution in [0.2, 0.25) is 5.15 Å². The second-order valence-electron chi connectivity index (χ2n) is 8.19. The van der Waals surface area contributed by atoms with E-state index in [1.165, 1.54) is 42.4 Å². The summed E-state index contributed by atoms with van der Waals surface area (Å²) in [6.45, 7) is 4.72. The molecule has 7 heteroatoms. The molecule has 0 bridgehead atoms. The van der Waals surface area contributed by atoms with Gasteiger partial charge in [0.2, 0.25) is 0 Å². The molecular formula is C21H28ClN3O2S. The van der Waals surface area contributed by atoms with E-state index in [1.54, 1.807) is 4.68 Å². The molecule has 0 spiro atoms. The van der Waals surface area contributed by atoms with Gasteiger partial charge in [0.05, 0.1) is 23.2 Å². The Bertz CT molecular complexity index is 984. The van der Waals surface area contributed by atoms with Crippen LogP contribution in [0.1, 0.15) is 66.2 Å². The van der Waals surface area contributed by atoms with E-state index in [1.807, 2.05) is 6.92 Å². The van der Waals surface area contributed by atoms with Gasteiger partial charge in [-0.1, -0.05) is 29.8 Å². The van der Waals surface area contributed by atoms with Gasteiger partial charge in [0.15, 0.2) is 9.84 Å². The average molecular weight is 422 g/mol. The number of aromatic nitrogens is 2. The first kappa shape index (κ1) is 19.9. The van der Waals surface area contributed by atoms with E-state index >= 15 is 0 Å². The number of sulfone groups is 1. The van der Waals surface area contributed by atoms with E-state index in [-0.39, 0.29) is 23.6 Å². The molecule has 0 amide bonds. The maximum absolute atomic E-state index is 11.8. The summed E-state index contributed by atoms with van der Waals surface area (Å²) < 4.78 is 25.3. The van der Waals surface area contributed by atoms with Crippen molar-refractivity contribution < 1.29 is 8.42 Å². The zero-order valence-corrected chi connectivity index (χ0v) is 18.1. The summed E-state index contributed by atoms with van der Waals surface area (Å²) in [6.07, 6.45) is 5.54. The van der Waals surface area contributed by atoms with Crippen molar-refractivity contribution in [2.45, 2.75) is 64.6 Å². The molecule has 0 unspecified atom stereocenters. The predicted molar refractivity (Wildman–Crippen MR) is 113 cm³/mol. The first-order valence-electron chi connectivity index (χ1n) is 10.1. The van der Waals surface area contributed by atoms with Crippen LogP contribution in [0.5, 0.6) is 0 Å². The lowest BCUT2D eigenvalue weighted by atomic mass is 9.89. The standard InChI is InChI=1S/C21H28ClN3O2S/c1-14(17-8-7-16-5-3-4-6-18(16)11-17)23-12-20-15(2)24-25(21(20)22)19-9-10-28(26,27)13-19/h7-8,11,14,19,23H,3-6,9-10,12-13H2,1-2H3/t14-,19-/m1/s1. The third kappa shape index (κ3) is 4.00. The van der Waals surface area contributed by atoms with Crippen molar-refractivity contribution in [2.75, 3.05) is 11.5 Å². The van der Waals surface area contributed by atoms with E-state index in [0.29, 0.717) is 18.1 Å². The lowest BCUT2D eigenvalue weighted by molar-refractivity contribution is 0.497. The minimum atomic E-state index is -2.97. The molecule has 2 aliphatic rings. The number of nitrogens with zero attached hydrogens (tertiary/aromatic N) is 2. The smallest absolute Gasteiger partial charge is 0.152 e. The Morgan fingerprint density at radius 1 is 1.29 bits per heavy atom. The van der Waals surface area contributed by atoms with Crippen LogP contribution >= 0.6 is 11.6 Å². The maximum Gasteiger partial charge on any atom is 0.152 e. The van der Waals surface area contributed by atoms with Gasteiger partial charge >= 0.3 is 0 Å². The van der Waals surface area contributed by atoms with Gasteiger partial charge in [-0.25, -0.2) is 13.1 Å². The Labute approximate surface area is 172 Å². The summed E-state index contributed by atoms with van der Waals surface area (Å²) in [4.78, 5) is 0. The van der Waals surface area contributed by atoms with Crippen LogP contribution in [-0.4, -0.2) is 29.7 Å². The van der Waals surface area contributed by atoms with E-state index in [2.05, 4.69) is 35.5 Å². The van der Waals surface area contributed by atoms with Crippen molar-refractivity contribution >= 4 is 21.4 Å². The van der Waals surface area contributed by atoms with Crippen molar-refractivity contribution in [3.63, 3.8) is 0 Å². The molecule has 0 saturated carbocycles. The predicted octanol–water partition coefficient (Wildman–Crippen LogP) is 3.93. The second-order valence-corrected chi connectivity index (χ2v) is 10.8. The summed E-state index contributed by atoms with van der Waals surface area (Å²) >= 11 is 6.59. The van der Waals surface area contributed by atoms with E-state index in [0.717, 1.165) is 11.3 Å². The molecule has 4 rings (SSSR count). The quantitative estimate of drug-likeness (QED) is 0.794. The summed E-state index contributed by atoms with van der Waals surface area (Å²) in [5.41, 5.74) is 6.09. The van der Waals surface area contributed by atoms with Crippen molar-refractivity contribution in [1.29, 1.82) is 0 Å². The number of hydrogen-bond donors (Lipinski definition) is 1. The molecular weight excluding hydrogens is 394 g/mol. The fourth-order valence-electron chi connectivity index (χ4n) is 4.36. The van der Waals surface area contributed by atoms with Gasteiger partial charge in [-0.2, -0.15) is 5.10 Å². The number of halogens is 1. The number of rotatable bonds is 5. The zero-order valence-electron chi connectivity index (χ0n) is 16.5. The Morgan fingerprint density at radius 3 is 2.75 bits per heavy atom. The highest BCUT2D eigenvalue weighted by molar-refractivity contribution is 7.91. The number of nitrogens with one attached hydrogen (secondary N) is 1. The van der Waals surface area contributed by atoms with Crippen LogP contribution in [0.4, 0.5) is 0 Å².